The molecule has 0 saturated heterocycles. The van der Waals surface area contributed by atoms with Crippen LogP contribution >= 0.6 is 11.6 Å². The summed E-state index contributed by atoms with van der Waals surface area (Å²) < 4.78 is 11.9. The summed E-state index contributed by atoms with van der Waals surface area (Å²) in [5, 5.41) is 0.530. The summed E-state index contributed by atoms with van der Waals surface area (Å²) in [6, 6.07) is 12.9. The second-order valence-electron chi connectivity index (χ2n) is 4.74. The summed E-state index contributed by atoms with van der Waals surface area (Å²) >= 11 is 6.22. The summed E-state index contributed by atoms with van der Waals surface area (Å²) in [6.45, 7) is 0. The van der Waals surface area contributed by atoms with Gasteiger partial charge >= 0.3 is 5.97 Å². The first-order chi connectivity index (χ1) is 10.7. The van der Waals surface area contributed by atoms with Crippen LogP contribution in [0.3, 0.4) is 0 Å². The summed E-state index contributed by atoms with van der Waals surface area (Å²) in [5.41, 5.74) is 2.86. The molecule has 0 atom stereocenters. The molecular formula is C17H14ClNO3. The van der Waals surface area contributed by atoms with Gasteiger partial charge in [0.2, 0.25) is 0 Å². The van der Waals surface area contributed by atoms with Gasteiger partial charge in [-0.1, -0.05) is 29.8 Å². The van der Waals surface area contributed by atoms with Crippen LogP contribution in [-0.2, 0) is 4.74 Å². The number of nitrogens with zero attached hydrogens (tertiary/aromatic N) is 1. The third-order valence-corrected chi connectivity index (χ3v) is 3.86. The Morgan fingerprint density at radius 2 is 1.82 bits per heavy atom. The van der Waals surface area contributed by atoms with Crippen LogP contribution in [-0.4, -0.2) is 24.6 Å². The molecule has 0 fully saturated rings. The molecule has 0 aliphatic rings. The van der Waals surface area contributed by atoms with E-state index in [4.69, 9.17) is 21.1 Å². The monoisotopic (exact) mass is 315 g/mol. The van der Waals surface area contributed by atoms with Crippen LogP contribution in [0.5, 0.6) is 5.75 Å². The minimum atomic E-state index is -0.393. The minimum absolute atomic E-state index is 0.393. The molecule has 0 bridgehead atoms. The highest BCUT2D eigenvalue weighted by molar-refractivity contribution is 6.30. The third-order valence-electron chi connectivity index (χ3n) is 3.55. The van der Waals surface area contributed by atoms with Crippen LogP contribution < -0.4 is 4.74 Å². The molecule has 0 aliphatic heterocycles. The number of methoxy groups -OCH3 is 2. The fourth-order valence-electron chi connectivity index (χ4n) is 2.47. The van der Waals surface area contributed by atoms with Crippen molar-refractivity contribution in [3.8, 4) is 16.9 Å². The number of ether oxygens (including phenoxy) is 2. The van der Waals surface area contributed by atoms with E-state index in [1.54, 1.807) is 17.6 Å². The number of halogens is 1. The van der Waals surface area contributed by atoms with Crippen LogP contribution in [0.2, 0.25) is 5.15 Å². The average Bonchev–Trinajstić information content (AvgIpc) is 2.95. The fraction of sp³-hybridized carbons (Fsp3) is 0.118. The zero-order valence-electron chi connectivity index (χ0n) is 12.2. The molecule has 2 heterocycles. The van der Waals surface area contributed by atoms with Gasteiger partial charge in [0.05, 0.1) is 25.3 Å². The molecule has 0 radical (unpaired) electrons. The van der Waals surface area contributed by atoms with E-state index in [-0.39, 0.29) is 0 Å². The fourth-order valence-corrected chi connectivity index (χ4v) is 2.68. The van der Waals surface area contributed by atoms with E-state index >= 15 is 0 Å². The molecule has 0 N–H and O–H groups in total. The molecule has 0 unspecified atom stereocenters. The van der Waals surface area contributed by atoms with Gasteiger partial charge in [0, 0.05) is 11.8 Å². The number of carbonyl (C=O) groups excluding carboxylic acids is 1. The predicted molar refractivity (Wildman–Crippen MR) is 85.7 cm³/mol. The Hall–Kier alpha value is -2.46. The summed E-state index contributed by atoms with van der Waals surface area (Å²) in [4.78, 5) is 12.2. The summed E-state index contributed by atoms with van der Waals surface area (Å²) in [5.74, 6) is 0.362. The Kier molecular flexibility index (Phi) is 3.77. The molecule has 22 heavy (non-hydrogen) atoms. The van der Waals surface area contributed by atoms with Crippen molar-refractivity contribution in [3.63, 3.8) is 0 Å². The van der Waals surface area contributed by atoms with Gasteiger partial charge in [-0.05, 0) is 29.8 Å². The Bertz CT molecular complexity index is 837. The van der Waals surface area contributed by atoms with Crippen molar-refractivity contribution in [2.75, 3.05) is 14.2 Å². The lowest BCUT2D eigenvalue weighted by molar-refractivity contribution is 0.0604. The van der Waals surface area contributed by atoms with Crippen molar-refractivity contribution in [1.29, 1.82) is 0 Å². The number of pyridine rings is 1. The number of carbonyl (C=O) groups is 1. The number of benzene rings is 1. The maximum atomic E-state index is 12.2. The molecule has 5 heteroatoms. The van der Waals surface area contributed by atoms with Crippen LogP contribution in [0.1, 0.15) is 10.4 Å². The van der Waals surface area contributed by atoms with E-state index in [0.29, 0.717) is 16.2 Å². The lowest BCUT2D eigenvalue weighted by atomic mass is 10.0. The highest BCUT2D eigenvalue weighted by Crippen LogP contribution is 2.32. The molecule has 3 aromatic rings. The van der Waals surface area contributed by atoms with Crippen LogP contribution in [0.25, 0.3) is 16.6 Å². The number of hydrogen-bond acceptors (Lipinski definition) is 3. The Balaban J connectivity index is 2.27. The van der Waals surface area contributed by atoms with Crippen molar-refractivity contribution in [2.45, 2.75) is 0 Å². The van der Waals surface area contributed by atoms with E-state index < -0.39 is 5.97 Å². The van der Waals surface area contributed by atoms with Crippen molar-refractivity contribution < 1.29 is 14.3 Å². The minimum Gasteiger partial charge on any atom is -0.497 e. The van der Waals surface area contributed by atoms with Gasteiger partial charge in [-0.2, -0.15) is 0 Å². The molecule has 1 aromatic carbocycles. The maximum Gasteiger partial charge on any atom is 0.340 e. The summed E-state index contributed by atoms with van der Waals surface area (Å²) in [7, 11) is 2.98. The largest absolute Gasteiger partial charge is 0.497 e. The van der Waals surface area contributed by atoms with E-state index in [1.807, 2.05) is 42.6 Å². The first-order valence-electron chi connectivity index (χ1n) is 6.68. The lowest BCUT2D eigenvalue weighted by Crippen LogP contribution is -2.02. The SMILES string of the molecule is COC(=O)c1c(-c2ccc(OC)cc2)cn2c(Cl)cccc12. The highest BCUT2D eigenvalue weighted by atomic mass is 35.5. The van der Waals surface area contributed by atoms with Gasteiger partial charge in [-0.15, -0.1) is 0 Å². The number of rotatable bonds is 3. The van der Waals surface area contributed by atoms with E-state index in [1.165, 1.54) is 7.11 Å². The smallest absolute Gasteiger partial charge is 0.340 e. The molecule has 0 spiro atoms. The van der Waals surface area contributed by atoms with Crippen molar-refractivity contribution in [1.82, 2.24) is 4.40 Å². The number of esters is 1. The van der Waals surface area contributed by atoms with Crippen LogP contribution in [0.15, 0.2) is 48.7 Å². The quantitative estimate of drug-likeness (QED) is 0.540. The molecular weight excluding hydrogens is 302 g/mol. The number of fused-ring (bicyclic) bond motifs is 1. The zero-order chi connectivity index (χ0) is 15.7. The van der Waals surface area contributed by atoms with Gasteiger partial charge < -0.3 is 13.9 Å². The molecule has 0 saturated carbocycles. The Morgan fingerprint density at radius 3 is 2.45 bits per heavy atom. The normalized spacial score (nSPS) is 10.7. The Labute approximate surface area is 132 Å². The molecule has 0 aliphatic carbocycles. The molecule has 112 valence electrons. The Morgan fingerprint density at radius 1 is 1.09 bits per heavy atom. The zero-order valence-corrected chi connectivity index (χ0v) is 12.9. The van der Waals surface area contributed by atoms with Crippen LogP contribution in [0, 0.1) is 0 Å². The first-order valence-corrected chi connectivity index (χ1v) is 7.06. The molecule has 4 nitrogen and oxygen atoms in total. The van der Waals surface area contributed by atoms with E-state index in [2.05, 4.69) is 0 Å². The van der Waals surface area contributed by atoms with Gasteiger partial charge in [0.25, 0.3) is 0 Å². The second-order valence-corrected chi connectivity index (χ2v) is 5.13. The second kappa shape index (κ2) is 5.73. The van der Waals surface area contributed by atoms with Crippen molar-refractivity contribution in [3.05, 3.63) is 59.4 Å². The van der Waals surface area contributed by atoms with Gasteiger partial charge in [-0.25, -0.2) is 4.79 Å². The van der Waals surface area contributed by atoms with Crippen molar-refractivity contribution >= 4 is 23.1 Å². The van der Waals surface area contributed by atoms with Crippen LogP contribution in [0.4, 0.5) is 0 Å². The molecule has 2 aromatic heterocycles. The van der Waals surface area contributed by atoms with E-state index in [9.17, 15) is 4.79 Å². The third kappa shape index (κ3) is 2.31. The van der Waals surface area contributed by atoms with Crippen molar-refractivity contribution in [2.24, 2.45) is 0 Å². The number of hydrogen-bond donors (Lipinski definition) is 0. The molecule has 3 rings (SSSR count). The highest BCUT2D eigenvalue weighted by Gasteiger charge is 2.20. The van der Waals surface area contributed by atoms with E-state index in [0.717, 1.165) is 16.9 Å². The topological polar surface area (TPSA) is 39.9 Å². The first kappa shape index (κ1) is 14.5. The average molecular weight is 316 g/mol. The van der Waals surface area contributed by atoms with Gasteiger partial charge in [-0.3, -0.25) is 0 Å². The lowest BCUT2D eigenvalue weighted by Gasteiger charge is -2.05. The standard InChI is InChI=1S/C17H14ClNO3/c1-21-12-8-6-11(7-9-12)13-10-19-14(4-3-5-15(19)18)16(13)17(20)22-2/h3-10H,1-2H3. The predicted octanol–water partition coefficient (Wildman–Crippen LogP) is 4.05. The summed E-state index contributed by atoms with van der Waals surface area (Å²) in [6.07, 6.45) is 1.84. The number of aromatic nitrogens is 1. The van der Waals surface area contributed by atoms with Gasteiger partial charge in [0.15, 0.2) is 0 Å². The van der Waals surface area contributed by atoms with Gasteiger partial charge in [0.1, 0.15) is 10.9 Å². The molecule has 0 amide bonds. The maximum absolute atomic E-state index is 12.2.